The zero-order valence-corrected chi connectivity index (χ0v) is 22.6. The zero-order chi connectivity index (χ0) is 27.0. The molecular formula is C29H41N3O5. The highest BCUT2D eigenvalue weighted by Crippen LogP contribution is 2.34. The highest BCUT2D eigenvalue weighted by molar-refractivity contribution is 5.78. The predicted molar refractivity (Wildman–Crippen MR) is 144 cm³/mol. The van der Waals surface area contributed by atoms with Crippen LogP contribution in [0.5, 0.6) is 11.5 Å². The third-order valence-corrected chi connectivity index (χ3v) is 7.13. The molecule has 2 unspecified atom stereocenters. The van der Waals surface area contributed by atoms with Gasteiger partial charge in [-0.25, -0.2) is 4.79 Å². The monoisotopic (exact) mass is 511 g/mol. The number of hydrogen-bond acceptors (Lipinski definition) is 5. The minimum Gasteiger partial charge on any atom is -0.497 e. The smallest absolute Gasteiger partial charge is 0.405 e. The number of nitrogens with zero attached hydrogens (tertiary/aromatic N) is 1. The number of amides is 2. The molecule has 2 amide bonds. The number of ether oxygens (including phenoxy) is 2. The Morgan fingerprint density at radius 1 is 0.973 bits per heavy atom. The maximum Gasteiger partial charge on any atom is 0.405 e. The van der Waals surface area contributed by atoms with Crippen LogP contribution in [0.15, 0.2) is 48.5 Å². The van der Waals surface area contributed by atoms with Crippen molar-refractivity contribution < 1.29 is 24.2 Å². The van der Waals surface area contributed by atoms with Gasteiger partial charge < -0.3 is 25.2 Å². The number of hydrogen-bond donors (Lipinski definition) is 3. The molecule has 0 saturated carbocycles. The number of benzene rings is 2. The Morgan fingerprint density at radius 2 is 1.51 bits per heavy atom. The number of carbonyl (C=O) groups excluding carboxylic acids is 1. The largest absolute Gasteiger partial charge is 0.497 e. The first-order valence-corrected chi connectivity index (χ1v) is 12.9. The van der Waals surface area contributed by atoms with Crippen molar-refractivity contribution in [3.05, 3.63) is 59.7 Å². The molecule has 1 fully saturated rings. The molecule has 0 aliphatic carbocycles. The number of methoxy groups -OCH3 is 2. The summed E-state index contributed by atoms with van der Waals surface area (Å²) in [6, 6.07) is 15.1. The highest BCUT2D eigenvalue weighted by Gasteiger charge is 2.35. The van der Waals surface area contributed by atoms with Crippen LogP contribution in [0, 0.1) is 5.41 Å². The Kier molecular flexibility index (Phi) is 9.80. The lowest BCUT2D eigenvalue weighted by Crippen LogP contribution is -2.52. The minimum atomic E-state index is -1.04. The van der Waals surface area contributed by atoms with Crippen LogP contribution in [0.25, 0.3) is 0 Å². The van der Waals surface area contributed by atoms with E-state index in [1.807, 2.05) is 48.5 Å². The summed E-state index contributed by atoms with van der Waals surface area (Å²) in [6.07, 6.45) is 1.68. The first kappa shape index (κ1) is 28.3. The van der Waals surface area contributed by atoms with Crippen molar-refractivity contribution in [2.24, 2.45) is 5.41 Å². The van der Waals surface area contributed by atoms with Crippen LogP contribution < -0.4 is 20.1 Å². The van der Waals surface area contributed by atoms with Gasteiger partial charge in [0, 0.05) is 25.2 Å². The van der Waals surface area contributed by atoms with Gasteiger partial charge in [0.1, 0.15) is 11.5 Å². The van der Waals surface area contributed by atoms with E-state index in [9.17, 15) is 14.7 Å². The quantitative estimate of drug-likeness (QED) is 0.430. The standard InChI is InChI=1S/C29H41N3O5/c1-29(2,3)26(19-25(31-28(34)35)21-8-12-24(37-5)13-9-21)32-16-14-22(15-17-32)30-27(33)18-20-6-10-23(36-4)11-7-20/h6-13,22,25-26,31H,14-19H2,1-5H3,(H,30,33)(H,34,35). The molecule has 3 rings (SSSR count). The van der Waals surface area contributed by atoms with E-state index in [1.54, 1.807) is 14.2 Å². The van der Waals surface area contributed by atoms with Crippen molar-refractivity contribution in [1.29, 1.82) is 0 Å². The van der Waals surface area contributed by atoms with Crippen LogP contribution in [-0.4, -0.2) is 61.4 Å². The molecule has 3 N–H and O–H groups in total. The second-order valence-corrected chi connectivity index (χ2v) is 10.8. The van der Waals surface area contributed by atoms with Crippen LogP contribution in [0.1, 0.15) is 57.2 Å². The molecule has 0 bridgehead atoms. The van der Waals surface area contributed by atoms with Crippen LogP contribution in [0.4, 0.5) is 4.79 Å². The molecule has 37 heavy (non-hydrogen) atoms. The lowest BCUT2D eigenvalue weighted by Gasteiger charge is -2.45. The molecule has 0 radical (unpaired) electrons. The van der Waals surface area contributed by atoms with Crippen molar-refractivity contribution >= 4 is 12.0 Å². The van der Waals surface area contributed by atoms with E-state index >= 15 is 0 Å². The summed E-state index contributed by atoms with van der Waals surface area (Å²) in [5.74, 6) is 1.54. The van der Waals surface area contributed by atoms with Gasteiger partial charge in [-0.05, 0) is 60.1 Å². The highest BCUT2D eigenvalue weighted by atomic mass is 16.5. The lowest BCUT2D eigenvalue weighted by atomic mass is 9.79. The molecular weight excluding hydrogens is 470 g/mol. The Hall–Kier alpha value is -3.26. The molecule has 1 saturated heterocycles. The minimum absolute atomic E-state index is 0.0289. The van der Waals surface area contributed by atoms with Crippen LogP contribution in [0.3, 0.4) is 0 Å². The van der Waals surface area contributed by atoms with Crippen molar-refractivity contribution in [2.75, 3.05) is 27.3 Å². The van der Waals surface area contributed by atoms with Gasteiger partial charge in [0.15, 0.2) is 0 Å². The molecule has 0 spiro atoms. The van der Waals surface area contributed by atoms with Gasteiger partial charge in [0.25, 0.3) is 0 Å². The number of likely N-dealkylation sites (tertiary alicyclic amines) is 1. The fraction of sp³-hybridized carbons (Fsp3) is 0.517. The van der Waals surface area contributed by atoms with Crippen LogP contribution >= 0.6 is 0 Å². The molecule has 1 heterocycles. The number of carboxylic acid groups (broad SMARTS) is 1. The Labute approximate surface area is 220 Å². The van der Waals surface area contributed by atoms with Gasteiger partial charge in [0.05, 0.1) is 26.7 Å². The molecule has 8 nitrogen and oxygen atoms in total. The summed E-state index contributed by atoms with van der Waals surface area (Å²) >= 11 is 0. The number of rotatable bonds is 10. The second-order valence-electron chi connectivity index (χ2n) is 10.8. The summed E-state index contributed by atoms with van der Waals surface area (Å²) in [5, 5.41) is 15.5. The van der Waals surface area contributed by atoms with E-state index in [-0.39, 0.29) is 29.4 Å². The number of nitrogens with one attached hydrogen (secondary N) is 2. The van der Waals surface area contributed by atoms with Gasteiger partial charge in [-0.15, -0.1) is 0 Å². The third kappa shape index (κ3) is 8.39. The second kappa shape index (κ2) is 12.8. The number of piperidine rings is 1. The van der Waals surface area contributed by atoms with Crippen LogP contribution in [0.2, 0.25) is 0 Å². The van der Waals surface area contributed by atoms with E-state index < -0.39 is 6.09 Å². The van der Waals surface area contributed by atoms with Crippen molar-refractivity contribution in [3.8, 4) is 11.5 Å². The van der Waals surface area contributed by atoms with Gasteiger partial charge in [0.2, 0.25) is 5.91 Å². The zero-order valence-electron chi connectivity index (χ0n) is 22.6. The molecule has 2 aromatic rings. The first-order valence-electron chi connectivity index (χ1n) is 12.9. The van der Waals surface area contributed by atoms with Crippen molar-refractivity contribution in [2.45, 2.75) is 64.6 Å². The van der Waals surface area contributed by atoms with Crippen LogP contribution in [-0.2, 0) is 11.2 Å². The number of carbonyl (C=O) groups is 2. The van der Waals surface area contributed by atoms with E-state index in [1.165, 1.54) is 0 Å². The first-order chi connectivity index (χ1) is 17.6. The fourth-order valence-electron chi connectivity index (χ4n) is 5.10. The average Bonchev–Trinajstić information content (AvgIpc) is 2.86. The normalized spacial score (nSPS) is 16.5. The molecule has 8 heteroatoms. The molecule has 202 valence electrons. The third-order valence-electron chi connectivity index (χ3n) is 7.13. The van der Waals surface area contributed by atoms with E-state index in [0.29, 0.717) is 12.8 Å². The summed E-state index contributed by atoms with van der Waals surface area (Å²) < 4.78 is 10.4. The van der Waals surface area contributed by atoms with Gasteiger partial charge >= 0.3 is 6.09 Å². The van der Waals surface area contributed by atoms with Crippen molar-refractivity contribution in [1.82, 2.24) is 15.5 Å². The Bertz CT molecular complexity index is 1010. The van der Waals surface area contributed by atoms with Crippen molar-refractivity contribution in [3.63, 3.8) is 0 Å². The topological polar surface area (TPSA) is 100 Å². The summed E-state index contributed by atoms with van der Waals surface area (Å²) in [7, 11) is 3.24. The summed E-state index contributed by atoms with van der Waals surface area (Å²) in [6.45, 7) is 8.29. The summed E-state index contributed by atoms with van der Waals surface area (Å²) in [4.78, 5) is 26.7. The molecule has 2 aromatic carbocycles. The summed E-state index contributed by atoms with van der Waals surface area (Å²) in [5.41, 5.74) is 1.81. The van der Waals surface area contributed by atoms with Gasteiger partial charge in [-0.1, -0.05) is 45.0 Å². The molecule has 1 aliphatic rings. The predicted octanol–water partition coefficient (Wildman–Crippen LogP) is 4.64. The van der Waals surface area contributed by atoms with Gasteiger partial charge in [-0.2, -0.15) is 0 Å². The lowest BCUT2D eigenvalue weighted by molar-refractivity contribution is -0.121. The van der Waals surface area contributed by atoms with E-state index in [2.05, 4.69) is 36.3 Å². The maximum atomic E-state index is 12.6. The van der Waals surface area contributed by atoms with E-state index in [0.717, 1.165) is 48.6 Å². The Balaban J connectivity index is 1.61. The van der Waals surface area contributed by atoms with Gasteiger partial charge in [-0.3, -0.25) is 9.69 Å². The average molecular weight is 512 g/mol. The fourth-order valence-corrected chi connectivity index (χ4v) is 5.10. The maximum absolute atomic E-state index is 12.6. The molecule has 2 atom stereocenters. The molecule has 1 aliphatic heterocycles. The van der Waals surface area contributed by atoms with E-state index in [4.69, 9.17) is 9.47 Å². The Morgan fingerprint density at radius 3 is 2.00 bits per heavy atom. The SMILES string of the molecule is COc1ccc(CC(=O)NC2CCN(C(CC(NC(=O)O)c3ccc(OC)cc3)C(C)(C)C)CC2)cc1. The molecule has 0 aromatic heterocycles.